The lowest BCUT2D eigenvalue weighted by Crippen LogP contribution is -2.54. The quantitative estimate of drug-likeness (QED) is 0.709. The van der Waals surface area contributed by atoms with Crippen molar-refractivity contribution in [2.45, 2.75) is 52.9 Å². The van der Waals surface area contributed by atoms with E-state index in [1.54, 1.807) is 4.90 Å². The smallest absolute Gasteiger partial charge is 0.295 e. The lowest BCUT2D eigenvalue weighted by molar-refractivity contribution is -0.128. The zero-order chi connectivity index (χ0) is 20.8. The van der Waals surface area contributed by atoms with E-state index < -0.39 is 14.1 Å². The van der Waals surface area contributed by atoms with Crippen molar-refractivity contribution in [1.29, 1.82) is 0 Å². The van der Waals surface area contributed by atoms with Crippen molar-refractivity contribution >= 4 is 25.8 Å². The number of nitrogens with zero attached hydrogens (tertiary/aromatic N) is 2. The van der Waals surface area contributed by atoms with Crippen LogP contribution in [0, 0.1) is 0 Å². The first-order valence-electron chi connectivity index (χ1n) is 9.67. The van der Waals surface area contributed by atoms with Gasteiger partial charge in [-0.1, -0.05) is 55.2 Å². The number of carbonyl (C=O) groups is 3. The highest BCUT2D eigenvalue weighted by atomic mass is 28.3. The standard InChI is InChI=1S/C22H28N2O3Si/c1-14-18(28(4,5)6)12-13-23-20(14)19(15(2)25)21(17-10-8-7-9-11-17)24(16(3)26)22(23)27/h7-11,21H,12-13H2,1-6H3. The van der Waals surface area contributed by atoms with Gasteiger partial charge in [-0.15, -0.1) is 0 Å². The number of amides is 3. The molecule has 0 radical (unpaired) electrons. The van der Waals surface area contributed by atoms with Gasteiger partial charge >= 0.3 is 6.03 Å². The third-order valence-corrected chi connectivity index (χ3v) is 8.06. The van der Waals surface area contributed by atoms with E-state index in [4.69, 9.17) is 0 Å². The van der Waals surface area contributed by atoms with Crippen molar-refractivity contribution in [3.8, 4) is 0 Å². The summed E-state index contributed by atoms with van der Waals surface area (Å²) in [6.45, 7) is 12.3. The number of rotatable bonds is 3. The number of Topliss-reactive ketones (excluding diaryl/α,β-unsaturated/α-hetero) is 1. The molecule has 148 valence electrons. The number of carbonyl (C=O) groups excluding carboxylic acids is 3. The van der Waals surface area contributed by atoms with Crippen molar-refractivity contribution in [2.24, 2.45) is 0 Å². The van der Waals surface area contributed by atoms with Crippen LogP contribution in [0.3, 0.4) is 0 Å². The molecule has 28 heavy (non-hydrogen) atoms. The topological polar surface area (TPSA) is 57.7 Å². The van der Waals surface area contributed by atoms with Crippen LogP contribution in [0.25, 0.3) is 0 Å². The number of urea groups is 1. The average Bonchev–Trinajstić information content (AvgIpc) is 2.61. The van der Waals surface area contributed by atoms with Crippen LogP contribution >= 0.6 is 0 Å². The summed E-state index contributed by atoms with van der Waals surface area (Å²) < 4.78 is 0. The molecule has 0 bridgehead atoms. The lowest BCUT2D eigenvalue weighted by Gasteiger charge is -2.46. The summed E-state index contributed by atoms with van der Waals surface area (Å²) in [5, 5.41) is 1.38. The largest absolute Gasteiger partial charge is 0.332 e. The van der Waals surface area contributed by atoms with E-state index in [2.05, 4.69) is 19.6 Å². The van der Waals surface area contributed by atoms with Crippen LogP contribution < -0.4 is 0 Å². The molecule has 0 aromatic heterocycles. The zero-order valence-electron chi connectivity index (χ0n) is 17.5. The molecular formula is C22H28N2O3Si. The molecule has 0 aliphatic carbocycles. The van der Waals surface area contributed by atoms with Crippen LogP contribution in [-0.4, -0.2) is 42.1 Å². The third kappa shape index (κ3) is 3.26. The van der Waals surface area contributed by atoms with Gasteiger partial charge in [0.25, 0.3) is 0 Å². The minimum atomic E-state index is -1.61. The highest BCUT2D eigenvalue weighted by Gasteiger charge is 2.46. The van der Waals surface area contributed by atoms with Gasteiger partial charge in [-0.3, -0.25) is 19.4 Å². The predicted molar refractivity (Wildman–Crippen MR) is 112 cm³/mol. The Hall–Kier alpha value is -2.47. The zero-order valence-corrected chi connectivity index (χ0v) is 18.5. The fraction of sp³-hybridized carbons (Fsp3) is 0.409. The third-order valence-electron chi connectivity index (χ3n) is 5.63. The summed E-state index contributed by atoms with van der Waals surface area (Å²) in [7, 11) is -1.61. The maximum Gasteiger partial charge on any atom is 0.332 e. The van der Waals surface area contributed by atoms with Gasteiger partial charge in [0.15, 0.2) is 5.78 Å². The summed E-state index contributed by atoms with van der Waals surface area (Å²) in [5.41, 5.74) is 3.06. The molecule has 3 amide bonds. The fourth-order valence-corrected chi connectivity index (χ4v) is 6.58. The SMILES string of the molecule is CC(=O)C1=C2C(C)=C([Si](C)(C)C)CCN2C(=O)N(C(C)=O)C1c1ccccc1. The molecule has 6 heteroatoms. The summed E-state index contributed by atoms with van der Waals surface area (Å²) >= 11 is 0. The van der Waals surface area contributed by atoms with Crippen LogP contribution in [0.2, 0.25) is 19.6 Å². The molecule has 5 nitrogen and oxygen atoms in total. The maximum absolute atomic E-state index is 13.3. The average molecular weight is 397 g/mol. The van der Waals surface area contributed by atoms with E-state index in [9.17, 15) is 14.4 Å². The Morgan fingerprint density at radius 1 is 1.07 bits per heavy atom. The van der Waals surface area contributed by atoms with E-state index in [-0.39, 0.29) is 17.7 Å². The fourth-order valence-electron chi connectivity index (χ4n) is 4.47. The second-order valence-corrected chi connectivity index (χ2v) is 13.7. The molecule has 2 aliphatic heterocycles. The van der Waals surface area contributed by atoms with E-state index >= 15 is 0 Å². The van der Waals surface area contributed by atoms with Crippen LogP contribution in [0.5, 0.6) is 0 Å². The second kappa shape index (κ2) is 7.17. The molecule has 1 aromatic rings. The molecule has 1 aromatic carbocycles. The first kappa shape index (κ1) is 20.3. The minimum Gasteiger partial charge on any atom is -0.295 e. The van der Waals surface area contributed by atoms with Crippen molar-refractivity contribution in [3.05, 3.63) is 57.9 Å². The number of hydrogen-bond donors (Lipinski definition) is 0. The van der Waals surface area contributed by atoms with Crippen molar-refractivity contribution < 1.29 is 14.4 Å². The molecule has 0 saturated heterocycles. The van der Waals surface area contributed by atoms with Gasteiger partial charge in [0.2, 0.25) is 5.91 Å². The Balaban J connectivity index is 2.37. The van der Waals surface area contributed by atoms with Gasteiger partial charge in [-0.25, -0.2) is 4.79 Å². The van der Waals surface area contributed by atoms with Crippen molar-refractivity contribution in [2.75, 3.05) is 6.54 Å². The molecule has 1 unspecified atom stereocenters. The number of allylic oxidation sites excluding steroid dienone is 1. The molecule has 0 N–H and O–H groups in total. The first-order chi connectivity index (χ1) is 13.1. The van der Waals surface area contributed by atoms with Crippen molar-refractivity contribution in [1.82, 2.24) is 9.80 Å². The monoisotopic (exact) mass is 396 g/mol. The van der Waals surface area contributed by atoms with E-state index in [0.29, 0.717) is 17.8 Å². The number of benzene rings is 1. The number of hydrogen-bond acceptors (Lipinski definition) is 3. The van der Waals surface area contributed by atoms with Crippen LogP contribution in [0.1, 0.15) is 38.8 Å². The molecule has 0 fully saturated rings. The second-order valence-electron chi connectivity index (χ2n) is 8.56. The molecule has 2 heterocycles. The molecule has 3 rings (SSSR count). The Morgan fingerprint density at radius 2 is 1.68 bits per heavy atom. The van der Waals surface area contributed by atoms with E-state index in [1.807, 2.05) is 37.3 Å². The van der Waals surface area contributed by atoms with Crippen LogP contribution in [-0.2, 0) is 9.59 Å². The summed E-state index contributed by atoms with van der Waals surface area (Å²) in [4.78, 5) is 41.6. The van der Waals surface area contributed by atoms with Crippen LogP contribution in [0.4, 0.5) is 4.79 Å². The van der Waals surface area contributed by atoms with Gasteiger partial charge in [0.05, 0.1) is 19.8 Å². The van der Waals surface area contributed by atoms with Crippen LogP contribution in [0.15, 0.2) is 52.4 Å². The minimum absolute atomic E-state index is 0.108. The number of fused-ring (bicyclic) bond motifs is 1. The maximum atomic E-state index is 13.3. The normalized spacial score (nSPS) is 20.5. The predicted octanol–water partition coefficient (Wildman–Crippen LogP) is 4.45. The summed E-state index contributed by atoms with van der Waals surface area (Å²) in [6.07, 6.45) is 0.795. The van der Waals surface area contributed by atoms with Gasteiger partial charge in [0.1, 0.15) is 0 Å². The van der Waals surface area contributed by atoms with Gasteiger partial charge in [-0.05, 0) is 31.4 Å². The lowest BCUT2D eigenvalue weighted by atomic mass is 9.87. The Labute approximate surface area is 167 Å². The molecule has 0 spiro atoms. The molecule has 1 atom stereocenters. The summed E-state index contributed by atoms with van der Waals surface area (Å²) in [5.74, 6) is -0.460. The van der Waals surface area contributed by atoms with E-state index in [1.165, 1.54) is 23.9 Å². The highest BCUT2D eigenvalue weighted by molar-refractivity contribution is 6.83. The van der Waals surface area contributed by atoms with Gasteiger partial charge < -0.3 is 0 Å². The molecule has 2 aliphatic rings. The molecule has 0 saturated carbocycles. The van der Waals surface area contributed by atoms with Gasteiger partial charge in [-0.2, -0.15) is 0 Å². The Bertz CT molecular complexity index is 909. The molecular weight excluding hydrogens is 368 g/mol. The Morgan fingerprint density at radius 3 is 2.18 bits per heavy atom. The van der Waals surface area contributed by atoms with E-state index in [0.717, 1.165) is 17.6 Å². The highest BCUT2D eigenvalue weighted by Crippen LogP contribution is 2.44. The number of imide groups is 1. The van der Waals surface area contributed by atoms with Gasteiger partial charge in [0, 0.05) is 19.0 Å². The van der Waals surface area contributed by atoms with Crippen molar-refractivity contribution in [3.63, 3.8) is 0 Å². The first-order valence-corrected chi connectivity index (χ1v) is 13.2. The Kier molecular flexibility index (Phi) is 5.19. The number of ketones is 1. The summed E-state index contributed by atoms with van der Waals surface area (Å²) in [6, 6.07) is 8.33.